The lowest BCUT2D eigenvalue weighted by Gasteiger charge is -2.34. The second-order valence-corrected chi connectivity index (χ2v) is 6.94. The minimum Gasteiger partial charge on any atom is -0.302 e. The van der Waals surface area contributed by atoms with Crippen LogP contribution in [0.3, 0.4) is 0 Å². The Kier molecular flexibility index (Phi) is 3.13. The first-order chi connectivity index (χ1) is 9.83. The van der Waals surface area contributed by atoms with Gasteiger partial charge < -0.3 is 4.90 Å². The fraction of sp³-hybridized carbons (Fsp3) is 0.333. The van der Waals surface area contributed by atoms with Gasteiger partial charge in [-0.25, -0.2) is 0 Å². The van der Waals surface area contributed by atoms with Crippen LogP contribution in [0.4, 0.5) is 0 Å². The molecule has 0 aliphatic carbocycles. The van der Waals surface area contributed by atoms with Crippen molar-refractivity contribution in [2.75, 3.05) is 20.1 Å². The topological polar surface area (TPSA) is 29.0 Å². The van der Waals surface area contributed by atoms with Gasteiger partial charge in [0.25, 0.3) is 0 Å². The van der Waals surface area contributed by atoms with Crippen LogP contribution in [0.2, 0.25) is 0 Å². The third kappa shape index (κ3) is 2.01. The lowest BCUT2D eigenvalue weighted by molar-refractivity contribution is 0.363. The molecule has 4 rings (SSSR count). The van der Waals surface area contributed by atoms with E-state index in [0.717, 1.165) is 30.2 Å². The highest BCUT2D eigenvalue weighted by molar-refractivity contribution is 7.99. The molecule has 0 radical (unpaired) electrons. The lowest BCUT2D eigenvalue weighted by atomic mass is 9.91. The molecule has 0 bridgehead atoms. The maximum absolute atomic E-state index is 4.53. The van der Waals surface area contributed by atoms with Crippen LogP contribution in [-0.2, 0) is 0 Å². The van der Waals surface area contributed by atoms with Crippen LogP contribution in [0.25, 0.3) is 5.57 Å². The number of likely N-dealkylation sites (N-methyl/N-ethyl adjacent to an activating group) is 1. The number of benzene rings is 1. The number of fused-ring (bicyclic) bond motifs is 2. The minimum atomic E-state index is 0.413. The maximum atomic E-state index is 4.53. The third-order valence-electron chi connectivity index (χ3n) is 3.97. The van der Waals surface area contributed by atoms with E-state index in [1.165, 1.54) is 22.9 Å². The highest BCUT2D eigenvalue weighted by Gasteiger charge is 2.34. The van der Waals surface area contributed by atoms with E-state index in [4.69, 9.17) is 0 Å². The van der Waals surface area contributed by atoms with Crippen molar-refractivity contribution in [2.24, 2.45) is 0 Å². The summed E-state index contributed by atoms with van der Waals surface area (Å²) in [6.45, 7) is 2.13. The van der Waals surface area contributed by atoms with Gasteiger partial charge in [-0.3, -0.25) is 0 Å². The summed E-state index contributed by atoms with van der Waals surface area (Å²) < 4.78 is 9.02. The van der Waals surface area contributed by atoms with Crippen LogP contribution in [0.5, 0.6) is 0 Å². The summed E-state index contributed by atoms with van der Waals surface area (Å²) in [5, 5.41) is 1.52. The Labute approximate surface area is 127 Å². The average molecular weight is 301 g/mol. The van der Waals surface area contributed by atoms with E-state index in [1.807, 2.05) is 11.8 Å². The summed E-state index contributed by atoms with van der Waals surface area (Å²) in [6, 6.07) is 10.8. The van der Waals surface area contributed by atoms with Crippen molar-refractivity contribution in [3.05, 3.63) is 47.2 Å². The molecule has 0 saturated carbocycles. The molecule has 1 aromatic carbocycles. The molecule has 0 fully saturated rings. The van der Waals surface area contributed by atoms with E-state index in [0.29, 0.717) is 5.25 Å². The fourth-order valence-corrected chi connectivity index (χ4v) is 4.96. The smallest absolute Gasteiger partial charge is 0.139 e. The second-order valence-electron chi connectivity index (χ2n) is 5.32. The van der Waals surface area contributed by atoms with E-state index < -0.39 is 0 Å². The molecule has 5 heteroatoms. The van der Waals surface area contributed by atoms with Crippen LogP contribution in [0.15, 0.2) is 40.9 Å². The number of nitrogens with zero attached hydrogens (tertiary/aromatic N) is 3. The molecule has 1 atom stereocenters. The molecule has 0 N–H and O–H groups in total. The molecular formula is C15H15N3S2. The largest absolute Gasteiger partial charge is 0.302 e. The molecule has 1 aromatic heterocycles. The van der Waals surface area contributed by atoms with Gasteiger partial charge in [0.1, 0.15) is 10.7 Å². The molecule has 20 heavy (non-hydrogen) atoms. The molecule has 0 amide bonds. The highest BCUT2D eigenvalue weighted by Crippen LogP contribution is 2.51. The van der Waals surface area contributed by atoms with Gasteiger partial charge in [-0.15, -0.1) is 0 Å². The second kappa shape index (κ2) is 4.98. The van der Waals surface area contributed by atoms with E-state index >= 15 is 0 Å². The monoisotopic (exact) mass is 301 g/mol. The van der Waals surface area contributed by atoms with Crippen molar-refractivity contribution in [2.45, 2.75) is 16.7 Å². The molecule has 2 aliphatic rings. The van der Waals surface area contributed by atoms with Gasteiger partial charge in [-0.05, 0) is 30.2 Å². The zero-order valence-corrected chi connectivity index (χ0v) is 12.9. The van der Waals surface area contributed by atoms with E-state index in [-0.39, 0.29) is 0 Å². The molecule has 3 nitrogen and oxygen atoms in total. The molecule has 2 aliphatic heterocycles. The first-order valence-electron chi connectivity index (χ1n) is 6.78. The summed E-state index contributed by atoms with van der Waals surface area (Å²) in [6.07, 6.45) is 1.13. The average Bonchev–Trinajstić information content (AvgIpc) is 2.96. The van der Waals surface area contributed by atoms with Crippen molar-refractivity contribution in [1.82, 2.24) is 13.6 Å². The predicted molar refractivity (Wildman–Crippen MR) is 84.0 cm³/mol. The van der Waals surface area contributed by atoms with E-state index in [9.17, 15) is 0 Å². The molecule has 102 valence electrons. The zero-order valence-electron chi connectivity index (χ0n) is 11.2. The third-order valence-corrected chi connectivity index (χ3v) is 5.92. The Bertz CT molecular complexity index is 663. The quantitative estimate of drug-likeness (QED) is 0.806. The van der Waals surface area contributed by atoms with Gasteiger partial charge in [0, 0.05) is 13.1 Å². The van der Waals surface area contributed by atoms with Gasteiger partial charge in [0.2, 0.25) is 0 Å². The van der Waals surface area contributed by atoms with Crippen molar-refractivity contribution >= 4 is 29.1 Å². The summed E-state index contributed by atoms with van der Waals surface area (Å²) in [5.41, 5.74) is 5.48. The van der Waals surface area contributed by atoms with Crippen molar-refractivity contribution in [1.29, 1.82) is 0 Å². The standard InChI is InChI=1S/C15H15N3S2/c1-18-8-7-11-12(9-18)13-15(17-20-16-13)19-14(11)10-5-3-2-4-6-10/h2-6,14H,7-9H2,1H3. The fourth-order valence-electron chi connectivity index (χ4n) is 2.95. The summed E-state index contributed by atoms with van der Waals surface area (Å²) in [7, 11) is 2.18. The van der Waals surface area contributed by atoms with Crippen LogP contribution in [0, 0.1) is 0 Å². The van der Waals surface area contributed by atoms with E-state index in [1.54, 1.807) is 5.57 Å². The molecule has 0 saturated heterocycles. The Balaban J connectivity index is 1.84. The number of hydrogen-bond donors (Lipinski definition) is 0. The first-order valence-corrected chi connectivity index (χ1v) is 8.39. The van der Waals surface area contributed by atoms with Crippen molar-refractivity contribution < 1.29 is 0 Å². The van der Waals surface area contributed by atoms with Crippen LogP contribution in [-0.4, -0.2) is 33.8 Å². The van der Waals surface area contributed by atoms with Crippen molar-refractivity contribution in [3.8, 4) is 0 Å². The highest BCUT2D eigenvalue weighted by atomic mass is 32.2. The molecule has 3 heterocycles. The molecular weight excluding hydrogens is 286 g/mol. The molecule has 0 spiro atoms. The van der Waals surface area contributed by atoms with Gasteiger partial charge in [-0.2, -0.15) is 8.75 Å². The van der Waals surface area contributed by atoms with Gasteiger partial charge in [-0.1, -0.05) is 42.1 Å². The van der Waals surface area contributed by atoms with Gasteiger partial charge >= 0.3 is 0 Å². The summed E-state index contributed by atoms with van der Waals surface area (Å²) in [5.74, 6) is 0. The number of thioether (sulfide) groups is 1. The molecule has 2 aromatic rings. The summed E-state index contributed by atoms with van der Waals surface area (Å²) >= 11 is 3.20. The van der Waals surface area contributed by atoms with Crippen molar-refractivity contribution in [3.63, 3.8) is 0 Å². The lowest BCUT2D eigenvalue weighted by Crippen LogP contribution is -2.30. The van der Waals surface area contributed by atoms with Crippen LogP contribution < -0.4 is 0 Å². The minimum absolute atomic E-state index is 0.413. The van der Waals surface area contributed by atoms with Crippen LogP contribution in [0.1, 0.15) is 22.9 Å². The Morgan fingerprint density at radius 1 is 1.20 bits per heavy atom. The maximum Gasteiger partial charge on any atom is 0.139 e. The Morgan fingerprint density at radius 3 is 2.90 bits per heavy atom. The molecule has 1 unspecified atom stereocenters. The normalized spacial score (nSPS) is 22.6. The zero-order chi connectivity index (χ0) is 13.5. The van der Waals surface area contributed by atoms with Crippen LogP contribution >= 0.6 is 23.5 Å². The van der Waals surface area contributed by atoms with Gasteiger partial charge in [0.05, 0.1) is 17.0 Å². The summed E-state index contributed by atoms with van der Waals surface area (Å²) in [4.78, 5) is 2.38. The predicted octanol–water partition coefficient (Wildman–Crippen LogP) is 3.47. The van der Waals surface area contributed by atoms with Gasteiger partial charge in [0.15, 0.2) is 0 Å². The number of hydrogen-bond acceptors (Lipinski definition) is 5. The first kappa shape index (κ1) is 12.6. The number of aromatic nitrogens is 2. The Morgan fingerprint density at radius 2 is 2.05 bits per heavy atom. The Hall–Kier alpha value is -1.17. The van der Waals surface area contributed by atoms with E-state index in [2.05, 4.69) is 51.0 Å². The number of rotatable bonds is 1. The SMILES string of the molecule is CN1CCC2=C(C1)c1nsnc1SC2c1ccccc1.